The molecule has 0 aliphatic rings. The van der Waals surface area contributed by atoms with E-state index in [-0.39, 0.29) is 0 Å². The van der Waals surface area contributed by atoms with Crippen LogP contribution in [-0.2, 0) is 6.54 Å². The van der Waals surface area contributed by atoms with Crippen molar-refractivity contribution in [1.29, 1.82) is 0 Å². The highest BCUT2D eigenvalue weighted by Gasteiger charge is 2.10. The Hall–Kier alpha value is -2.48. The quantitative estimate of drug-likeness (QED) is 0.591. The van der Waals surface area contributed by atoms with Crippen molar-refractivity contribution in [1.82, 2.24) is 28.9 Å². The summed E-state index contributed by atoms with van der Waals surface area (Å²) in [7, 11) is 0. The first-order valence-corrected chi connectivity index (χ1v) is 6.51. The summed E-state index contributed by atoms with van der Waals surface area (Å²) in [5, 5.41) is 2.01. The van der Waals surface area contributed by atoms with Gasteiger partial charge in [0.25, 0.3) is 0 Å². The molecule has 7 nitrogen and oxygen atoms in total. The maximum atomic E-state index is 5.76. The zero-order chi connectivity index (χ0) is 12.8. The Morgan fingerprint density at radius 1 is 1.26 bits per heavy atom. The summed E-state index contributed by atoms with van der Waals surface area (Å²) >= 11 is 1.61. The van der Waals surface area contributed by atoms with Crippen molar-refractivity contribution < 1.29 is 0 Å². The molecule has 4 aromatic heterocycles. The van der Waals surface area contributed by atoms with Gasteiger partial charge in [-0.15, -0.1) is 11.3 Å². The van der Waals surface area contributed by atoms with Gasteiger partial charge in [-0.05, 0) is 0 Å². The molecule has 8 heteroatoms. The van der Waals surface area contributed by atoms with Gasteiger partial charge in [-0.3, -0.25) is 4.40 Å². The topological polar surface area (TPSA) is 86.9 Å². The van der Waals surface area contributed by atoms with Crippen molar-refractivity contribution in [3.63, 3.8) is 0 Å². The number of nitrogens with two attached hydrogens (primary N) is 1. The van der Waals surface area contributed by atoms with Gasteiger partial charge < -0.3 is 10.3 Å². The van der Waals surface area contributed by atoms with E-state index in [1.54, 1.807) is 17.7 Å². The number of fused-ring (bicyclic) bond motifs is 2. The minimum Gasteiger partial charge on any atom is -0.382 e. The number of imidazole rings is 2. The van der Waals surface area contributed by atoms with Crippen LogP contribution < -0.4 is 5.73 Å². The average Bonchev–Trinajstić information content (AvgIpc) is 3.05. The monoisotopic (exact) mass is 271 g/mol. The summed E-state index contributed by atoms with van der Waals surface area (Å²) in [5.74, 6) is 0.398. The molecule has 0 aromatic carbocycles. The second-order valence-electron chi connectivity index (χ2n) is 4.13. The van der Waals surface area contributed by atoms with E-state index < -0.39 is 0 Å². The molecule has 0 saturated heterocycles. The molecule has 0 fully saturated rings. The van der Waals surface area contributed by atoms with E-state index in [1.807, 2.05) is 26.7 Å². The third kappa shape index (κ3) is 1.57. The molecule has 2 N–H and O–H groups in total. The molecule has 0 aliphatic carbocycles. The van der Waals surface area contributed by atoms with Crippen LogP contribution in [0.2, 0.25) is 0 Å². The van der Waals surface area contributed by atoms with Crippen molar-refractivity contribution in [3.05, 3.63) is 36.1 Å². The minimum atomic E-state index is 0.398. The number of hydrogen-bond donors (Lipinski definition) is 1. The number of anilines is 1. The Kier molecular flexibility index (Phi) is 2.06. The lowest BCUT2D eigenvalue weighted by atomic mass is 10.4. The number of nitrogens with zero attached hydrogens (tertiary/aromatic N) is 6. The number of hydrogen-bond acceptors (Lipinski definition) is 6. The van der Waals surface area contributed by atoms with E-state index in [9.17, 15) is 0 Å². The molecule has 19 heavy (non-hydrogen) atoms. The van der Waals surface area contributed by atoms with Crippen molar-refractivity contribution in [2.24, 2.45) is 0 Å². The number of rotatable bonds is 2. The SMILES string of the molecule is Nc1ncnc2c1ncn2Cc1cn2ccsc2n1. The summed E-state index contributed by atoms with van der Waals surface area (Å²) in [4.78, 5) is 17.9. The van der Waals surface area contributed by atoms with Crippen LogP contribution >= 0.6 is 11.3 Å². The molecule has 0 atom stereocenters. The highest BCUT2D eigenvalue weighted by atomic mass is 32.1. The van der Waals surface area contributed by atoms with E-state index >= 15 is 0 Å². The number of nitrogen functional groups attached to an aromatic ring is 1. The molecule has 0 amide bonds. The van der Waals surface area contributed by atoms with Crippen LogP contribution in [0.3, 0.4) is 0 Å². The summed E-state index contributed by atoms with van der Waals surface area (Å²) < 4.78 is 3.92. The van der Waals surface area contributed by atoms with Crippen LogP contribution in [0, 0.1) is 0 Å². The third-order valence-electron chi connectivity index (χ3n) is 2.91. The van der Waals surface area contributed by atoms with Crippen LogP contribution in [0.5, 0.6) is 0 Å². The normalized spacial score (nSPS) is 11.6. The Bertz CT molecular complexity index is 843. The van der Waals surface area contributed by atoms with Crippen molar-refractivity contribution in [3.8, 4) is 0 Å². The van der Waals surface area contributed by atoms with Gasteiger partial charge in [-0.25, -0.2) is 19.9 Å². The largest absolute Gasteiger partial charge is 0.382 e. The molecule has 0 bridgehead atoms. The van der Waals surface area contributed by atoms with Crippen molar-refractivity contribution in [2.75, 3.05) is 5.73 Å². The summed E-state index contributed by atoms with van der Waals surface area (Å²) in [6.07, 6.45) is 7.15. The van der Waals surface area contributed by atoms with E-state index in [0.717, 1.165) is 16.3 Å². The Morgan fingerprint density at radius 3 is 3.11 bits per heavy atom. The van der Waals surface area contributed by atoms with Gasteiger partial charge in [0.15, 0.2) is 16.4 Å². The van der Waals surface area contributed by atoms with Crippen LogP contribution in [0.25, 0.3) is 16.1 Å². The Balaban J connectivity index is 1.78. The molecule has 4 heterocycles. The van der Waals surface area contributed by atoms with Gasteiger partial charge in [-0.2, -0.15) is 0 Å². The zero-order valence-electron chi connectivity index (χ0n) is 9.76. The molecular formula is C11H9N7S. The predicted octanol–water partition coefficient (Wildman–Crippen LogP) is 1.17. The minimum absolute atomic E-state index is 0.398. The van der Waals surface area contributed by atoms with Crippen LogP contribution in [0.15, 0.2) is 30.4 Å². The standard InChI is InChI=1S/C11H9N7S/c12-9-8-10(14-5-13-9)18(6-15-8)4-7-3-17-1-2-19-11(17)16-7/h1-3,5-6H,4H2,(H2,12,13,14). The van der Waals surface area contributed by atoms with Crippen molar-refractivity contribution in [2.45, 2.75) is 6.54 Å². The molecule has 0 aliphatic heterocycles. The fraction of sp³-hybridized carbons (Fsp3) is 0.0909. The first-order chi connectivity index (χ1) is 9.31. The maximum Gasteiger partial charge on any atom is 0.193 e. The molecule has 0 radical (unpaired) electrons. The summed E-state index contributed by atoms with van der Waals surface area (Å²) in [5.41, 5.74) is 8.08. The fourth-order valence-corrected chi connectivity index (χ4v) is 2.76. The van der Waals surface area contributed by atoms with Crippen LogP contribution in [0.4, 0.5) is 5.82 Å². The second kappa shape index (κ2) is 3.75. The van der Waals surface area contributed by atoms with Gasteiger partial charge in [-0.1, -0.05) is 0 Å². The van der Waals surface area contributed by atoms with Gasteiger partial charge >= 0.3 is 0 Å². The van der Waals surface area contributed by atoms with E-state index in [0.29, 0.717) is 17.9 Å². The highest BCUT2D eigenvalue weighted by molar-refractivity contribution is 7.15. The Labute approximate surface area is 111 Å². The molecule has 94 valence electrons. The Morgan fingerprint density at radius 2 is 2.21 bits per heavy atom. The maximum absolute atomic E-state index is 5.76. The average molecular weight is 271 g/mol. The smallest absolute Gasteiger partial charge is 0.193 e. The van der Waals surface area contributed by atoms with Gasteiger partial charge in [0, 0.05) is 17.8 Å². The van der Waals surface area contributed by atoms with Gasteiger partial charge in [0.2, 0.25) is 0 Å². The summed E-state index contributed by atoms with van der Waals surface area (Å²) in [6, 6.07) is 0. The molecular weight excluding hydrogens is 262 g/mol. The molecule has 0 spiro atoms. The van der Waals surface area contributed by atoms with Gasteiger partial charge in [0.05, 0.1) is 18.6 Å². The third-order valence-corrected chi connectivity index (χ3v) is 3.68. The lowest BCUT2D eigenvalue weighted by Gasteiger charge is -2.00. The van der Waals surface area contributed by atoms with Crippen molar-refractivity contribution >= 4 is 33.3 Å². The second-order valence-corrected chi connectivity index (χ2v) is 5.00. The first kappa shape index (κ1) is 10.4. The molecule has 4 aromatic rings. The lowest BCUT2D eigenvalue weighted by Crippen LogP contribution is -2.00. The molecule has 0 saturated carbocycles. The predicted molar refractivity (Wildman–Crippen MR) is 71.9 cm³/mol. The molecule has 0 unspecified atom stereocenters. The summed E-state index contributed by atoms with van der Waals surface area (Å²) in [6.45, 7) is 0.612. The number of aromatic nitrogens is 6. The highest BCUT2D eigenvalue weighted by Crippen LogP contribution is 2.17. The van der Waals surface area contributed by atoms with E-state index in [2.05, 4.69) is 19.9 Å². The fourth-order valence-electron chi connectivity index (χ4n) is 2.04. The van der Waals surface area contributed by atoms with Crippen LogP contribution in [0.1, 0.15) is 5.69 Å². The van der Waals surface area contributed by atoms with E-state index in [4.69, 9.17) is 5.73 Å². The number of thiazole rings is 1. The zero-order valence-corrected chi connectivity index (χ0v) is 10.6. The van der Waals surface area contributed by atoms with Crippen LogP contribution in [-0.4, -0.2) is 28.9 Å². The lowest BCUT2D eigenvalue weighted by molar-refractivity contribution is 0.794. The first-order valence-electron chi connectivity index (χ1n) is 5.63. The molecule has 4 rings (SSSR count). The van der Waals surface area contributed by atoms with Gasteiger partial charge in [0.1, 0.15) is 11.8 Å². The van der Waals surface area contributed by atoms with E-state index in [1.165, 1.54) is 6.33 Å².